The van der Waals surface area contributed by atoms with Gasteiger partial charge in [-0.1, -0.05) is 6.07 Å². The number of pyridine rings is 2. The number of carbonyl (C=O) groups is 3. The van der Waals surface area contributed by atoms with E-state index in [0.717, 1.165) is 12.1 Å². The van der Waals surface area contributed by atoms with Crippen LogP contribution in [0.3, 0.4) is 0 Å². The number of nitrogens with one attached hydrogen (secondary N) is 1. The van der Waals surface area contributed by atoms with Gasteiger partial charge in [-0.2, -0.15) is 0 Å². The first-order chi connectivity index (χ1) is 12.7. The molecular formula is C18H19N5O3. The van der Waals surface area contributed by atoms with E-state index in [1.165, 1.54) is 18.5 Å². The molecule has 1 aliphatic rings. The van der Waals surface area contributed by atoms with Gasteiger partial charge in [-0.15, -0.1) is 0 Å². The maximum Gasteiger partial charge on any atom is 0.255 e. The lowest BCUT2D eigenvalue weighted by atomic mass is 10.1. The van der Waals surface area contributed by atoms with Crippen molar-refractivity contribution in [3.63, 3.8) is 0 Å². The van der Waals surface area contributed by atoms with Crippen molar-refractivity contribution in [3.05, 3.63) is 59.7 Å². The Morgan fingerprint density at radius 3 is 2.58 bits per heavy atom. The van der Waals surface area contributed by atoms with Crippen LogP contribution < -0.4 is 5.32 Å². The minimum absolute atomic E-state index is 0.192. The van der Waals surface area contributed by atoms with Crippen molar-refractivity contribution < 1.29 is 14.4 Å². The normalized spacial score (nSPS) is 14.0. The fourth-order valence-corrected chi connectivity index (χ4v) is 2.67. The zero-order valence-corrected chi connectivity index (χ0v) is 14.2. The van der Waals surface area contributed by atoms with Crippen molar-refractivity contribution >= 4 is 18.2 Å². The topological polar surface area (TPSA) is 95.5 Å². The Kier molecular flexibility index (Phi) is 5.52. The third kappa shape index (κ3) is 4.21. The van der Waals surface area contributed by atoms with Gasteiger partial charge in [0.2, 0.25) is 6.41 Å². The summed E-state index contributed by atoms with van der Waals surface area (Å²) >= 11 is 0. The van der Waals surface area contributed by atoms with Crippen molar-refractivity contribution in [1.82, 2.24) is 25.1 Å². The minimum Gasteiger partial charge on any atom is -0.346 e. The molecule has 134 valence electrons. The van der Waals surface area contributed by atoms with Gasteiger partial charge in [0.05, 0.1) is 23.4 Å². The zero-order valence-electron chi connectivity index (χ0n) is 14.2. The Hall–Kier alpha value is -3.29. The van der Waals surface area contributed by atoms with Gasteiger partial charge < -0.3 is 15.1 Å². The van der Waals surface area contributed by atoms with Crippen molar-refractivity contribution in [3.8, 4) is 0 Å². The smallest absolute Gasteiger partial charge is 0.255 e. The van der Waals surface area contributed by atoms with Crippen LogP contribution in [0.1, 0.15) is 26.4 Å². The van der Waals surface area contributed by atoms with Crippen LogP contribution >= 0.6 is 0 Å². The molecule has 26 heavy (non-hydrogen) atoms. The van der Waals surface area contributed by atoms with Crippen LogP contribution in [-0.4, -0.2) is 64.2 Å². The molecule has 0 bridgehead atoms. The van der Waals surface area contributed by atoms with E-state index in [4.69, 9.17) is 0 Å². The van der Waals surface area contributed by atoms with Gasteiger partial charge in [0.15, 0.2) is 0 Å². The fourth-order valence-electron chi connectivity index (χ4n) is 2.67. The molecule has 8 heteroatoms. The van der Waals surface area contributed by atoms with Gasteiger partial charge in [0.1, 0.15) is 0 Å². The molecule has 1 aliphatic heterocycles. The number of aromatic nitrogens is 2. The lowest BCUT2D eigenvalue weighted by Crippen LogP contribution is -2.48. The molecule has 8 nitrogen and oxygen atoms in total. The summed E-state index contributed by atoms with van der Waals surface area (Å²) in [5, 5.41) is 2.76. The number of carbonyl (C=O) groups excluding carboxylic acids is 3. The molecule has 0 aromatic carbocycles. The summed E-state index contributed by atoms with van der Waals surface area (Å²) in [6.45, 7) is 2.24. The highest BCUT2D eigenvalue weighted by atomic mass is 16.2. The van der Waals surface area contributed by atoms with Gasteiger partial charge in [0.25, 0.3) is 11.8 Å². The molecule has 0 atom stereocenters. The standard InChI is InChI=1S/C18H19N5O3/c24-13-22-5-7-23(8-6-22)18(26)15-9-14(10-19-11-15)17(25)21-12-16-3-1-2-4-20-16/h1-4,9-11,13H,5-8,12H2,(H,21,25). The summed E-state index contributed by atoms with van der Waals surface area (Å²) in [5.74, 6) is -0.508. The second-order valence-electron chi connectivity index (χ2n) is 5.90. The number of amides is 3. The average Bonchev–Trinajstić information content (AvgIpc) is 2.72. The number of nitrogens with zero attached hydrogens (tertiary/aromatic N) is 4. The molecule has 0 aliphatic carbocycles. The molecule has 0 radical (unpaired) electrons. The molecule has 3 rings (SSSR count). The quantitative estimate of drug-likeness (QED) is 0.781. The molecule has 2 aromatic rings. The lowest BCUT2D eigenvalue weighted by molar-refractivity contribution is -0.119. The maximum atomic E-state index is 12.6. The van der Waals surface area contributed by atoms with Crippen molar-refractivity contribution in [1.29, 1.82) is 0 Å². The fraction of sp³-hybridized carbons (Fsp3) is 0.278. The third-order valence-electron chi connectivity index (χ3n) is 4.15. The number of hydrogen-bond acceptors (Lipinski definition) is 5. The molecule has 1 fully saturated rings. The van der Waals surface area contributed by atoms with E-state index in [1.54, 1.807) is 22.1 Å². The van der Waals surface area contributed by atoms with Crippen LogP contribution in [0, 0.1) is 0 Å². The van der Waals surface area contributed by atoms with E-state index in [9.17, 15) is 14.4 Å². The molecule has 2 aromatic heterocycles. The first-order valence-corrected chi connectivity index (χ1v) is 8.29. The van der Waals surface area contributed by atoms with Crippen molar-refractivity contribution in [2.75, 3.05) is 26.2 Å². The Morgan fingerprint density at radius 1 is 1.12 bits per heavy atom. The molecule has 1 saturated heterocycles. The highest BCUT2D eigenvalue weighted by Gasteiger charge is 2.22. The lowest BCUT2D eigenvalue weighted by Gasteiger charge is -2.32. The molecular weight excluding hydrogens is 334 g/mol. The van der Waals surface area contributed by atoms with Crippen LogP contribution in [-0.2, 0) is 11.3 Å². The van der Waals surface area contributed by atoms with Gasteiger partial charge >= 0.3 is 0 Å². The van der Waals surface area contributed by atoms with E-state index in [0.29, 0.717) is 43.9 Å². The Labute approximate surface area is 150 Å². The second-order valence-corrected chi connectivity index (χ2v) is 5.90. The first kappa shape index (κ1) is 17.5. The van der Waals surface area contributed by atoms with Crippen LogP contribution in [0.4, 0.5) is 0 Å². The molecule has 0 unspecified atom stereocenters. The molecule has 3 amide bonds. The molecule has 1 N–H and O–H groups in total. The van der Waals surface area contributed by atoms with Gasteiger partial charge in [0, 0.05) is 44.8 Å². The highest BCUT2D eigenvalue weighted by Crippen LogP contribution is 2.10. The number of piperazine rings is 1. The summed E-state index contributed by atoms with van der Waals surface area (Å²) < 4.78 is 0. The Balaban J connectivity index is 1.63. The van der Waals surface area contributed by atoms with Gasteiger partial charge in [-0.3, -0.25) is 24.4 Å². The number of rotatable bonds is 5. The predicted octanol–water partition coefficient (Wildman–Crippen LogP) is 0.321. The van der Waals surface area contributed by atoms with E-state index in [-0.39, 0.29) is 11.8 Å². The summed E-state index contributed by atoms with van der Waals surface area (Å²) in [4.78, 5) is 47.1. The Morgan fingerprint density at radius 2 is 1.88 bits per heavy atom. The Bertz CT molecular complexity index is 788. The van der Waals surface area contributed by atoms with Gasteiger partial charge in [-0.25, -0.2) is 0 Å². The van der Waals surface area contributed by atoms with Crippen LogP contribution in [0.2, 0.25) is 0 Å². The zero-order chi connectivity index (χ0) is 18.4. The first-order valence-electron chi connectivity index (χ1n) is 8.29. The SMILES string of the molecule is O=CN1CCN(C(=O)c2cncc(C(=O)NCc3ccccn3)c2)CC1. The number of hydrogen-bond donors (Lipinski definition) is 1. The van der Waals surface area contributed by atoms with Crippen LogP contribution in [0.5, 0.6) is 0 Å². The van der Waals surface area contributed by atoms with Crippen molar-refractivity contribution in [2.45, 2.75) is 6.54 Å². The largest absolute Gasteiger partial charge is 0.346 e. The van der Waals surface area contributed by atoms with E-state index in [1.807, 2.05) is 12.1 Å². The van der Waals surface area contributed by atoms with Crippen molar-refractivity contribution in [2.24, 2.45) is 0 Å². The highest BCUT2D eigenvalue weighted by molar-refractivity contribution is 5.99. The summed E-state index contributed by atoms with van der Waals surface area (Å²) in [5.41, 5.74) is 1.42. The van der Waals surface area contributed by atoms with Gasteiger partial charge in [-0.05, 0) is 18.2 Å². The van der Waals surface area contributed by atoms with E-state index in [2.05, 4.69) is 15.3 Å². The van der Waals surface area contributed by atoms with E-state index < -0.39 is 0 Å². The average molecular weight is 353 g/mol. The monoisotopic (exact) mass is 353 g/mol. The summed E-state index contributed by atoms with van der Waals surface area (Å²) in [6, 6.07) is 7.01. The molecule has 0 spiro atoms. The molecule has 0 saturated carbocycles. The third-order valence-corrected chi connectivity index (χ3v) is 4.15. The summed E-state index contributed by atoms with van der Waals surface area (Å²) in [7, 11) is 0. The van der Waals surface area contributed by atoms with E-state index >= 15 is 0 Å². The minimum atomic E-state index is -0.316. The second kappa shape index (κ2) is 8.19. The maximum absolute atomic E-state index is 12.6. The predicted molar refractivity (Wildman–Crippen MR) is 93.2 cm³/mol. The van der Waals surface area contributed by atoms with Crippen LogP contribution in [0.15, 0.2) is 42.9 Å². The van der Waals surface area contributed by atoms with Crippen LogP contribution in [0.25, 0.3) is 0 Å². The summed E-state index contributed by atoms with van der Waals surface area (Å²) in [6.07, 6.45) is 5.32. The molecule has 3 heterocycles.